The molecule has 18 heavy (non-hydrogen) atoms. The number of nitro groups is 1. The Morgan fingerprint density at radius 1 is 1.50 bits per heavy atom. The lowest BCUT2D eigenvalue weighted by Gasteiger charge is -2.08. The molecule has 2 rings (SSSR count). The largest absolute Gasteiger partial charge is 0.379 e. The van der Waals surface area contributed by atoms with Gasteiger partial charge in [-0.1, -0.05) is 0 Å². The van der Waals surface area contributed by atoms with Crippen LogP contribution in [0.15, 0.2) is 18.2 Å². The number of rotatable bonds is 7. The van der Waals surface area contributed by atoms with Gasteiger partial charge in [0.1, 0.15) is 5.69 Å². The van der Waals surface area contributed by atoms with Crippen LogP contribution in [0.4, 0.5) is 11.4 Å². The molecule has 0 aliphatic heterocycles. The summed E-state index contributed by atoms with van der Waals surface area (Å²) in [6.45, 7) is 1.99. The van der Waals surface area contributed by atoms with Gasteiger partial charge in [0.15, 0.2) is 0 Å². The number of nitro benzene ring substituents is 1. The van der Waals surface area contributed by atoms with E-state index in [-0.39, 0.29) is 10.6 Å². The van der Waals surface area contributed by atoms with Crippen LogP contribution in [0.3, 0.4) is 0 Å². The standard InChI is InChI=1S/C12H15IN2O3/c13-10-3-4-11(12(7-10)15(16)17)14-5-6-18-8-9-1-2-9/h3-4,7,9,14H,1-2,5-6,8H2. The Hall–Kier alpha value is -0.890. The first-order valence-corrected chi connectivity index (χ1v) is 7.00. The zero-order chi connectivity index (χ0) is 13.0. The number of halogens is 1. The average Bonchev–Trinajstić information content (AvgIpc) is 3.14. The molecular formula is C12H15IN2O3. The van der Waals surface area contributed by atoms with E-state index in [2.05, 4.69) is 27.9 Å². The molecular weight excluding hydrogens is 347 g/mol. The highest BCUT2D eigenvalue weighted by molar-refractivity contribution is 14.1. The fourth-order valence-electron chi connectivity index (χ4n) is 1.60. The highest BCUT2D eigenvalue weighted by Crippen LogP contribution is 2.29. The van der Waals surface area contributed by atoms with Crippen LogP contribution in [0.2, 0.25) is 0 Å². The van der Waals surface area contributed by atoms with Crippen molar-refractivity contribution in [3.05, 3.63) is 31.9 Å². The molecule has 0 unspecified atom stereocenters. The minimum Gasteiger partial charge on any atom is -0.379 e. The summed E-state index contributed by atoms with van der Waals surface area (Å²) in [5.74, 6) is 0.748. The van der Waals surface area contributed by atoms with Crippen LogP contribution in [0.5, 0.6) is 0 Å². The Morgan fingerprint density at radius 2 is 2.28 bits per heavy atom. The van der Waals surface area contributed by atoms with E-state index in [1.807, 2.05) is 6.07 Å². The van der Waals surface area contributed by atoms with Crippen LogP contribution in [0.1, 0.15) is 12.8 Å². The summed E-state index contributed by atoms with van der Waals surface area (Å²) in [5, 5.41) is 13.9. The van der Waals surface area contributed by atoms with Crippen molar-refractivity contribution in [2.75, 3.05) is 25.1 Å². The third-order valence-corrected chi connectivity index (χ3v) is 3.44. The van der Waals surface area contributed by atoms with Gasteiger partial charge >= 0.3 is 0 Å². The summed E-state index contributed by atoms with van der Waals surface area (Å²) in [4.78, 5) is 10.5. The molecule has 1 aromatic carbocycles. The van der Waals surface area contributed by atoms with Crippen molar-refractivity contribution in [3.63, 3.8) is 0 Å². The van der Waals surface area contributed by atoms with E-state index in [0.717, 1.165) is 16.1 Å². The molecule has 98 valence electrons. The number of hydrogen-bond donors (Lipinski definition) is 1. The Bertz CT molecular complexity index is 435. The molecule has 0 atom stereocenters. The molecule has 0 saturated heterocycles. The van der Waals surface area contributed by atoms with Crippen LogP contribution in [0, 0.1) is 19.6 Å². The van der Waals surface area contributed by atoms with Gasteiger partial charge in [-0.25, -0.2) is 0 Å². The monoisotopic (exact) mass is 362 g/mol. The fourth-order valence-corrected chi connectivity index (χ4v) is 2.07. The third kappa shape index (κ3) is 4.09. The van der Waals surface area contributed by atoms with Crippen LogP contribution in [0.25, 0.3) is 0 Å². The van der Waals surface area contributed by atoms with Gasteiger partial charge in [0.2, 0.25) is 0 Å². The second kappa shape index (κ2) is 6.33. The van der Waals surface area contributed by atoms with Gasteiger partial charge in [-0.15, -0.1) is 0 Å². The summed E-state index contributed by atoms with van der Waals surface area (Å²) in [7, 11) is 0. The van der Waals surface area contributed by atoms with Crippen LogP contribution < -0.4 is 5.32 Å². The minimum absolute atomic E-state index is 0.115. The molecule has 6 heteroatoms. The van der Waals surface area contributed by atoms with Gasteiger partial charge in [0.25, 0.3) is 5.69 Å². The summed E-state index contributed by atoms with van der Waals surface area (Å²) in [5.41, 5.74) is 0.666. The van der Waals surface area contributed by atoms with Gasteiger partial charge < -0.3 is 10.1 Å². The van der Waals surface area contributed by atoms with Crippen LogP contribution in [-0.2, 0) is 4.74 Å². The minimum atomic E-state index is -0.366. The molecule has 0 aromatic heterocycles. The molecule has 1 N–H and O–H groups in total. The van der Waals surface area contributed by atoms with Gasteiger partial charge in [-0.05, 0) is 53.5 Å². The van der Waals surface area contributed by atoms with Gasteiger partial charge in [-0.3, -0.25) is 10.1 Å². The lowest BCUT2D eigenvalue weighted by atomic mass is 10.2. The maximum atomic E-state index is 10.9. The molecule has 5 nitrogen and oxygen atoms in total. The quantitative estimate of drug-likeness (QED) is 0.351. The Kier molecular flexibility index (Phi) is 4.76. The molecule has 1 saturated carbocycles. The van der Waals surface area contributed by atoms with Crippen molar-refractivity contribution < 1.29 is 9.66 Å². The highest BCUT2D eigenvalue weighted by atomic mass is 127. The predicted octanol–water partition coefficient (Wildman–Crippen LogP) is 3.04. The van der Waals surface area contributed by atoms with Gasteiger partial charge in [0, 0.05) is 22.8 Å². The molecule has 1 aromatic rings. The lowest BCUT2D eigenvalue weighted by molar-refractivity contribution is -0.384. The number of benzene rings is 1. The zero-order valence-corrected chi connectivity index (χ0v) is 12.1. The number of nitrogens with zero attached hydrogens (tertiary/aromatic N) is 1. The molecule has 1 fully saturated rings. The number of anilines is 1. The maximum Gasteiger partial charge on any atom is 0.293 e. The van der Waals surface area contributed by atoms with E-state index in [4.69, 9.17) is 4.74 Å². The number of nitrogens with one attached hydrogen (secondary N) is 1. The average molecular weight is 362 g/mol. The Balaban J connectivity index is 1.81. The fraction of sp³-hybridized carbons (Fsp3) is 0.500. The lowest BCUT2D eigenvalue weighted by Crippen LogP contribution is -2.11. The molecule has 1 aliphatic carbocycles. The topological polar surface area (TPSA) is 64.4 Å². The summed E-state index contributed by atoms with van der Waals surface area (Å²) < 4.78 is 6.33. The summed E-state index contributed by atoms with van der Waals surface area (Å²) in [6.07, 6.45) is 2.55. The van der Waals surface area contributed by atoms with Crippen molar-refractivity contribution in [3.8, 4) is 0 Å². The molecule has 0 radical (unpaired) electrons. The Labute approximate surface area is 119 Å². The Morgan fingerprint density at radius 3 is 2.94 bits per heavy atom. The number of hydrogen-bond acceptors (Lipinski definition) is 4. The van der Waals surface area contributed by atoms with Gasteiger partial charge in [0.05, 0.1) is 11.5 Å². The van der Waals surface area contributed by atoms with Gasteiger partial charge in [-0.2, -0.15) is 0 Å². The number of ether oxygens (including phenoxy) is 1. The smallest absolute Gasteiger partial charge is 0.293 e. The van der Waals surface area contributed by atoms with Crippen molar-refractivity contribution in [1.82, 2.24) is 0 Å². The molecule has 0 amide bonds. The van der Waals surface area contributed by atoms with E-state index in [1.54, 1.807) is 12.1 Å². The molecule has 0 bridgehead atoms. The van der Waals surface area contributed by atoms with Crippen molar-refractivity contribution in [2.45, 2.75) is 12.8 Å². The normalized spacial score (nSPS) is 14.5. The van der Waals surface area contributed by atoms with Crippen molar-refractivity contribution in [1.29, 1.82) is 0 Å². The molecule has 1 aliphatic rings. The SMILES string of the molecule is O=[N+]([O-])c1cc(I)ccc1NCCOCC1CC1. The molecule has 0 heterocycles. The van der Waals surface area contributed by atoms with E-state index in [9.17, 15) is 10.1 Å². The summed E-state index contributed by atoms with van der Waals surface area (Å²) >= 11 is 2.06. The van der Waals surface area contributed by atoms with Crippen LogP contribution in [-0.4, -0.2) is 24.7 Å². The maximum absolute atomic E-state index is 10.9. The van der Waals surface area contributed by atoms with E-state index < -0.39 is 0 Å². The molecule has 0 spiro atoms. The third-order valence-electron chi connectivity index (χ3n) is 2.77. The first kappa shape index (κ1) is 13.5. The van der Waals surface area contributed by atoms with E-state index >= 15 is 0 Å². The first-order chi connectivity index (χ1) is 8.66. The summed E-state index contributed by atoms with van der Waals surface area (Å²) in [6, 6.07) is 5.15. The van der Waals surface area contributed by atoms with Crippen molar-refractivity contribution >= 4 is 34.0 Å². The first-order valence-electron chi connectivity index (χ1n) is 5.92. The zero-order valence-electron chi connectivity index (χ0n) is 9.89. The van der Waals surface area contributed by atoms with E-state index in [1.165, 1.54) is 12.8 Å². The van der Waals surface area contributed by atoms with Crippen LogP contribution >= 0.6 is 22.6 Å². The second-order valence-electron chi connectivity index (χ2n) is 4.36. The second-order valence-corrected chi connectivity index (χ2v) is 5.61. The van der Waals surface area contributed by atoms with E-state index in [0.29, 0.717) is 18.8 Å². The predicted molar refractivity (Wildman–Crippen MR) is 77.8 cm³/mol. The van der Waals surface area contributed by atoms with Crippen molar-refractivity contribution in [2.24, 2.45) is 5.92 Å². The highest BCUT2D eigenvalue weighted by Gasteiger charge is 2.21.